The first kappa shape index (κ1) is 14.2. The molecule has 0 unspecified atom stereocenters. The van der Waals surface area contributed by atoms with Crippen molar-refractivity contribution in [2.24, 2.45) is 5.92 Å². The molecule has 1 saturated heterocycles. The lowest BCUT2D eigenvalue weighted by molar-refractivity contribution is 0.0970. The van der Waals surface area contributed by atoms with E-state index in [4.69, 9.17) is 4.42 Å². The minimum absolute atomic E-state index is 0.184. The maximum Gasteiger partial charge on any atom is 0.163 e. The lowest BCUT2D eigenvalue weighted by Crippen LogP contribution is -2.42. The van der Waals surface area contributed by atoms with E-state index in [1.54, 1.807) is 6.26 Å². The molecule has 1 N–H and O–H groups in total. The van der Waals surface area contributed by atoms with Gasteiger partial charge in [-0.05, 0) is 49.7 Å². The Labute approximate surface area is 134 Å². The normalized spacial score (nSPS) is 14.8. The zero-order valence-electron chi connectivity index (χ0n) is 12.8. The van der Waals surface area contributed by atoms with Gasteiger partial charge in [0.25, 0.3) is 0 Å². The number of Topliss-reactive ketones (excluding diaryl/α,β-unsaturated/α-hetero) is 1. The number of aromatic nitrogens is 1. The van der Waals surface area contributed by atoms with Crippen LogP contribution in [0.5, 0.6) is 0 Å². The maximum atomic E-state index is 12.7. The quantitative estimate of drug-likeness (QED) is 0.731. The highest BCUT2D eigenvalue weighted by Crippen LogP contribution is 2.26. The molecule has 23 heavy (non-hydrogen) atoms. The van der Waals surface area contributed by atoms with Crippen LogP contribution in [-0.4, -0.2) is 23.9 Å². The highest BCUT2D eigenvalue weighted by molar-refractivity contribution is 6.08. The summed E-state index contributed by atoms with van der Waals surface area (Å²) in [5, 5.41) is 4.16. The average molecular weight is 306 g/mol. The van der Waals surface area contributed by atoms with Crippen LogP contribution >= 0.6 is 0 Å². The van der Waals surface area contributed by atoms with Crippen LogP contribution in [0.3, 0.4) is 0 Å². The lowest BCUT2D eigenvalue weighted by Gasteiger charge is -2.26. The zero-order valence-corrected chi connectivity index (χ0v) is 12.8. The van der Waals surface area contributed by atoms with E-state index in [1.807, 2.05) is 42.5 Å². The van der Waals surface area contributed by atoms with Gasteiger partial charge in [-0.2, -0.15) is 0 Å². The van der Waals surface area contributed by atoms with E-state index >= 15 is 0 Å². The largest absolute Gasteiger partial charge is 0.463 e. The second-order valence-corrected chi connectivity index (χ2v) is 6.04. The number of furan rings is 1. The van der Waals surface area contributed by atoms with Gasteiger partial charge in [-0.1, -0.05) is 18.2 Å². The van der Waals surface area contributed by atoms with E-state index in [1.165, 1.54) is 0 Å². The fraction of sp³-hybridized carbons (Fsp3) is 0.263. The molecule has 1 aliphatic rings. The number of nitrogens with zero attached hydrogens (tertiary/aromatic N) is 1. The zero-order chi connectivity index (χ0) is 15.6. The number of para-hydroxylation sites is 1. The molecular formula is C19H18N2O2. The van der Waals surface area contributed by atoms with E-state index in [9.17, 15) is 4.79 Å². The molecule has 2 aromatic heterocycles. The van der Waals surface area contributed by atoms with E-state index in [-0.39, 0.29) is 5.78 Å². The molecule has 1 aromatic carbocycles. The Morgan fingerprint density at radius 2 is 2.09 bits per heavy atom. The Hall–Kier alpha value is -2.46. The fourth-order valence-electron chi connectivity index (χ4n) is 2.98. The number of rotatable bonds is 5. The van der Waals surface area contributed by atoms with E-state index in [2.05, 4.69) is 10.3 Å². The molecule has 116 valence electrons. The summed E-state index contributed by atoms with van der Waals surface area (Å²) < 4.78 is 5.45. The van der Waals surface area contributed by atoms with Gasteiger partial charge in [-0.15, -0.1) is 0 Å². The first-order chi connectivity index (χ1) is 11.3. The molecule has 4 rings (SSSR count). The van der Waals surface area contributed by atoms with Gasteiger partial charge in [-0.25, -0.2) is 4.98 Å². The summed E-state index contributed by atoms with van der Waals surface area (Å²) in [6.07, 6.45) is 3.15. The predicted octanol–water partition coefficient (Wildman–Crippen LogP) is 3.68. The van der Waals surface area contributed by atoms with Crippen molar-refractivity contribution in [3.05, 3.63) is 54.3 Å². The van der Waals surface area contributed by atoms with Crippen LogP contribution in [-0.2, 0) is 0 Å². The number of benzene rings is 1. The standard InChI is InChI=1S/C19H18N2O2/c22-18(8-7-13-11-20-12-13)15-10-17(19-6-3-9-23-19)21-16-5-2-1-4-14(15)16/h1-6,9-10,13,20H,7-8,11-12H2. The molecule has 0 saturated carbocycles. The van der Waals surface area contributed by atoms with Gasteiger partial charge in [0, 0.05) is 17.4 Å². The van der Waals surface area contributed by atoms with Crippen LogP contribution in [0.4, 0.5) is 0 Å². The van der Waals surface area contributed by atoms with E-state index in [0.29, 0.717) is 23.8 Å². The third-order valence-corrected chi connectivity index (χ3v) is 4.44. The molecule has 0 amide bonds. The topological polar surface area (TPSA) is 55.1 Å². The number of carbonyl (C=O) groups is 1. The van der Waals surface area contributed by atoms with Gasteiger partial charge >= 0.3 is 0 Å². The van der Waals surface area contributed by atoms with Crippen molar-refractivity contribution in [2.75, 3.05) is 13.1 Å². The Balaban J connectivity index is 1.72. The predicted molar refractivity (Wildman–Crippen MR) is 89.4 cm³/mol. The first-order valence-corrected chi connectivity index (χ1v) is 7.99. The minimum atomic E-state index is 0.184. The van der Waals surface area contributed by atoms with Crippen molar-refractivity contribution in [1.29, 1.82) is 0 Å². The third-order valence-electron chi connectivity index (χ3n) is 4.44. The van der Waals surface area contributed by atoms with Gasteiger partial charge in [0.15, 0.2) is 11.5 Å². The molecule has 0 atom stereocenters. The highest BCUT2D eigenvalue weighted by Gasteiger charge is 2.20. The number of carbonyl (C=O) groups excluding carboxylic acids is 1. The summed E-state index contributed by atoms with van der Waals surface area (Å²) in [6, 6.07) is 13.4. The summed E-state index contributed by atoms with van der Waals surface area (Å²) >= 11 is 0. The first-order valence-electron chi connectivity index (χ1n) is 7.99. The SMILES string of the molecule is O=C(CCC1CNC1)c1cc(-c2ccco2)nc2ccccc12. The molecule has 3 heterocycles. The van der Waals surface area contributed by atoms with Crippen LogP contribution in [0.1, 0.15) is 23.2 Å². The molecule has 4 heteroatoms. The molecule has 0 spiro atoms. The Kier molecular flexibility index (Phi) is 3.67. The van der Waals surface area contributed by atoms with Crippen LogP contribution in [0.15, 0.2) is 53.1 Å². The van der Waals surface area contributed by atoms with Crippen molar-refractivity contribution in [2.45, 2.75) is 12.8 Å². The summed E-state index contributed by atoms with van der Waals surface area (Å²) in [7, 11) is 0. The molecule has 1 aliphatic heterocycles. The van der Waals surface area contributed by atoms with Gasteiger partial charge < -0.3 is 9.73 Å². The number of ketones is 1. The molecule has 0 bridgehead atoms. The molecular weight excluding hydrogens is 288 g/mol. The van der Waals surface area contributed by atoms with Crippen LogP contribution in [0.25, 0.3) is 22.4 Å². The smallest absolute Gasteiger partial charge is 0.163 e. The summed E-state index contributed by atoms with van der Waals surface area (Å²) in [4.78, 5) is 17.4. The van der Waals surface area contributed by atoms with Crippen LogP contribution in [0, 0.1) is 5.92 Å². The maximum absolute atomic E-state index is 12.7. The fourth-order valence-corrected chi connectivity index (χ4v) is 2.98. The summed E-state index contributed by atoms with van der Waals surface area (Å²) in [5.41, 5.74) is 2.28. The number of pyridine rings is 1. The molecule has 0 aliphatic carbocycles. The molecule has 3 aromatic rings. The average Bonchev–Trinajstić information content (AvgIpc) is 3.06. The second-order valence-electron chi connectivity index (χ2n) is 6.04. The Morgan fingerprint density at radius 1 is 1.22 bits per heavy atom. The van der Waals surface area contributed by atoms with E-state index in [0.717, 1.165) is 36.0 Å². The lowest BCUT2D eigenvalue weighted by atomic mass is 9.93. The molecule has 4 nitrogen and oxygen atoms in total. The number of nitrogens with one attached hydrogen (secondary N) is 1. The van der Waals surface area contributed by atoms with Crippen molar-refractivity contribution < 1.29 is 9.21 Å². The highest BCUT2D eigenvalue weighted by atomic mass is 16.3. The van der Waals surface area contributed by atoms with Gasteiger partial charge in [0.2, 0.25) is 0 Å². The number of hydrogen-bond acceptors (Lipinski definition) is 4. The second kappa shape index (κ2) is 5.97. The van der Waals surface area contributed by atoms with Gasteiger partial charge in [0.1, 0.15) is 5.69 Å². The van der Waals surface area contributed by atoms with E-state index < -0.39 is 0 Å². The van der Waals surface area contributed by atoms with Crippen molar-refractivity contribution >= 4 is 16.7 Å². The monoisotopic (exact) mass is 306 g/mol. The Morgan fingerprint density at radius 3 is 2.83 bits per heavy atom. The number of fused-ring (bicyclic) bond motifs is 1. The molecule has 0 radical (unpaired) electrons. The van der Waals surface area contributed by atoms with Crippen molar-refractivity contribution in [1.82, 2.24) is 10.3 Å². The molecule has 1 fully saturated rings. The minimum Gasteiger partial charge on any atom is -0.463 e. The third kappa shape index (κ3) is 2.78. The van der Waals surface area contributed by atoms with Crippen molar-refractivity contribution in [3.8, 4) is 11.5 Å². The van der Waals surface area contributed by atoms with Crippen LogP contribution < -0.4 is 5.32 Å². The van der Waals surface area contributed by atoms with Gasteiger partial charge in [-0.3, -0.25) is 4.79 Å². The van der Waals surface area contributed by atoms with Crippen molar-refractivity contribution in [3.63, 3.8) is 0 Å². The van der Waals surface area contributed by atoms with Crippen LogP contribution in [0.2, 0.25) is 0 Å². The Bertz CT molecular complexity index is 836. The number of hydrogen-bond donors (Lipinski definition) is 1. The van der Waals surface area contributed by atoms with Gasteiger partial charge in [0.05, 0.1) is 11.8 Å². The summed E-state index contributed by atoms with van der Waals surface area (Å²) in [5.74, 6) is 1.51. The summed E-state index contributed by atoms with van der Waals surface area (Å²) in [6.45, 7) is 2.06.